The average Bonchev–Trinajstić information content (AvgIpc) is 3.37. The first-order chi connectivity index (χ1) is 19.3. The molecule has 0 amide bonds. The van der Waals surface area contributed by atoms with Gasteiger partial charge in [0.2, 0.25) is 11.8 Å². The molecule has 0 aliphatic heterocycles. The first-order valence-electron chi connectivity index (χ1n) is 16.6. The zero-order chi connectivity index (χ0) is 27.6. The molecule has 0 saturated heterocycles. The molecule has 2 rings (SSSR count). The van der Waals surface area contributed by atoms with E-state index in [4.69, 9.17) is 9.47 Å². The summed E-state index contributed by atoms with van der Waals surface area (Å²) < 4.78 is 13.9. The highest BCUT2D eigenvalue weighted by Gasteiger charge is 2.13. The van der Waals surface area contributed by atoms with E-state index < -0.39 is 0 Å². The zero-order valence-electron chi connectivity index (χ0n) is 25.5. The molecule has 2 aromatic heterocycles. The van der Waals surface area contributed by atoms with Gasteiger partial charge in [-0.25, -0.2) is 4.98 Å². The third-order valence-electron chi connectivity index (χ3n) is 7.52. The summed E-state index contributed by atoms with van der Waals surface area (Å²) in [4.78, 5) is 4.46. The van der Waals surface area contributed by atoms with Crippen molar-refractivity contribution in [3.05, 3.63) is 30.5 Å². The van der Waals surface area contributed by atoms with Gasteiger partial charge >= 0.3 is 0 Å². The molecule has 5 nitrogen and oxygen atoms in total. The highest BCUT2D eigenvalue weighted by molar-refractivity contribution is 5.31. The van der Waals surface area contributed by atoms with Crippen molar-refractivity contribution < 1.29 is 9.47 Å². The van der Waals surface area contributed by atoms with Crippen LogP contribution < -0.4 is 9.47 Å². The third-order valence-corrected chi connectivity index (χ3v) is 7.52. The predicted molar refractivity (Wildman–Crippen MR) is 165 cm³/mol. The number of hydrogen-bond acceptors (Lipinski definition) is 4. The molecule has 0 spiro atoms. The summed E-state index contributed by atoms with van der Waals surface area (Å²) >= 11 is 0. The standard InChI is InChI=1S/C34H59N3O2/c1-3-5-7-9-11-13-14-15-16-17-18-20-21-25-29-38-33-31-34(37(36-33)32-27-23-24-28-35-32)39-30-26-22-19-12-10-8-6-4-2/h23-24,27-28,31H,3-22,25-26,29-30H2,1-2H3. The molecule has 0 radical (unpaired) electrons. The summed E-state index contributed by atoms with van der Waals surface area (Å²) in [5, 5.41) is 4.65. The summed E-state index contributed by atoms with van der Waals surface area (Å²) in [7, 11) is 0. The lowest BCUT2D eigenvalue weighted by atomic mass is 10.0. The van der Waals surface area contributed by atoms with E-state index >= 15 is 0 Å². The number of nitrogens with zero attached hydrogens (tertiary/aromatic N) is 3. The van der Waals surface area contributed by atoms with Crippen LogP contribution in [0.4, 0.5) is 0 Å². The molecule has 39 heavy (non-hydrogen) atoms. The molecule has 0 unspecified atom stereocenters. The van der Waals surface area contributed by atoms with Crippen molar-refractivity contribution >= 4 is 0 Å². The number of ether oxygens (including phenoxy) is 2. The third kappa shape index (κ3) is 16.6. The Hall–Kier alpha value is -2.04. The minimum Gasteiger partial charge on any atom is -0.477 e. The molecular weight excluding hydrogens is 482 g/mol. The minimum atomic E-state index is 0.626. The number of aromatic nitrogens is 3. The van der Waals surface area contributed by atoms with E-state index in [2.05, 4.69) is 23.9 Å². The smallest absolute Gasteiger partial charge is 0.237 e. The van der Waals surface area contributed by atoms with Crippen molar-refractivity contribution in [1.82, 2.24) is 14.8 Å². The monoisotopic (exact) mass is 541 g/mol. The second kappa shape index (κ2) is 23.8. The molecule has 2 aromatic rings. The second-order valence-corrected chi connectivity index (χ2v) is 11.2. The summed E-state index contributed by atoms with van der Waals surface area (Å²) in [5.74, 6) is 2.10. The normalized spacial score (nSPS) is 11.2. The highest BCUT2D eigenvalue weighted by atomic mass is 16.5. The van der Waals surface area contributed by atoms with E-state index in [1.54, 1.807) is 10.9 Å². The number of hydrogen-bond donors (Lipinski definition) is 0. The van der Waals surface area contributed by atoms with Gasteiger partial charge in [-0.2, -0.15) is 4.68 Å². The highest BCUT2D eigenvalue weighted by Crippen LogP contribution is 2.23. The van der Waals surface area contributed by atoms with Crippen molar-refractivity contribution in [2.24, 2.45) is 0 Å². The fraction of sp³-hybridized carbons (Fsp3) is 0.765. The van der Waals surface area contributed by atoms with Crippen LogP contribution in [0.25, 0.3) is 5.82 Å². The van der Waals surface area contributed by atoms with Gasteiger partial charge in [0, 0.05) is 6.20 Å². The zero-order valence-corrected chi connectivity index (χ0v) is 25.5. The topological polar surface area (TPSA) is 49.2 Å². The van der Waals surface area contributed by atoms with Crippen molar-refractivity contribution in [3.63, 3.8) is 0 Å². The fourth-order valence-electron chi connectivity index (χ4n) is 5.05. The van der Waals surface area contributed by atoms with Crippen LogP contribution in [0.1, 0.15) is 155 Å². The number of pyridine rings is 1. The predicted octanol–water partition coefficient (Wildman–Crippen LogP) is 10.6. The van der Waals surface area contributed by atoms with Crippen LogP contribution in [-0.2, 0) is 0 Å². The van der Waals surface area contributed by atoms with E-state index in [1.807, 2.05) is 24.3 Å². The average molecular weight is 542 g/mol. The number of unbranched alkanes of at least 4 members (excludes halogenated alkanes) is 20. The summed E-state index contributed by atoms with van der Waals surface area (Å²) in [6, 6.07) is 7.76. The maximum absolute atomic E-state index is 6.13. The summed E-state index contributed by atoms with van der Waals surface area (Å²) in [6.45, 7) is 5.96. The van der Waals surface area contributed by atoms with Crippen molar-refractivity contribution in [2.75, 3.05) is 13.2 Å². The Bertz CT molecular complexity index is 793. The molecule has 0 aromatic carbocycles. The van der Waals surface area contributed by atoms with Crippen molar-refractivity contribution in [2.45, 2.75) is 155 Å². The van der Waals surface area contributed by atoms with Gasteiger partial charge in [0.15, 0.2) is 5.82 Å². The van der Waals surface area contributed by atoms with Gasteiger partial charge in [-0.05, 0) is 25.0 Å². The van der Waals surface area contributed by atoms with Crippen molar-refractivity contribution in [3.8, 4) is 17.6 Å². The van der Waals surface area contributed by atoms with Crippen LogP contribution in [0.2, 0.25) is 0 Å². The molecule has 0 aliphatic rings. The van der Waals surface area contributed by atoms with Crippen LogP contribution in [-0.4, -0.2) is 28.0 Å². The first-order valence-corrected chi connectivity index (χ1v) is 16.6. The van der Waals surface area contributed by atoms with Gasteiger partial charge in [0.05, 0.1) is 19.3 Å². The first kappa shape index (κ1) is 33.2. The fourth-order valence-corrected chi connectivity index (χ4v) is 5.05. The van der Waals surface area contributed by atoms with E-state index in [0.717, 1.165) is 18.7 Å². The molecule has 2 heterocycles. The van der Waals surface area contributed by atoms with Gasteiger partial charge in [-0.3, -0.25) is 0 Å². The largest absolute Gasteiger partial charge is 0.477 e. The Morgan fingerprint density at radius 1 is 0.564 bits per heavy atom. The van der Waals surface area contributed by atoms with Crippen LogP contribution in [0.5, 0.6) is 11.8 Å². The van der Waals surface area contributed by atoms with Gasteiger partial charge in [0.1, 0.15) is 0 Å². The van der Waals surface area contributed by atoms with Crippen LogP contribution >= 0.6 is 0 Å². The summed E-state index contributed by atoms with van der Waals surface area (Å²) in [6.07, 6.45) is 31.2. The van der Waals surface area contributed by atoms with Crippen molar-refractivity contribution in [1.29, 1.82) is 0 Å². The molecular formula is C34H59N3O2. The molecule has 0 saturated carbocycles. The van der Waals surface area contributed by atoms with Crippen LogP contribution in [0.15, 0.2) is 30.5 Å². The molecule has 0 atom stereocenters. The van der Waals surface area contributed by atoms with E-state index in [9.17, 15) is 0 Å². The maximum Gasteiger partial charge on any atom is 0.237 e. The second-order valence-electron chi connectivity index (χ2n) is 11.2. The molecule has 5 heteroatoms. The lowest BCUT2D eigenvalue weighted by molar-refractivity contribution is 0.284. The van der Waals surface area contributed by atoms with Gasteiger partial charge in [0.25, 0.3) is 0 Å². The lowest BCUT2D eigenvalue weighted by Gasteiger charge is -2.08. The lowest BCUT2D eigenvalue weighted by Crippen LogP contribution is -2.06. The minimum absolute atomic E-state index is 0.626. The molecule has 0 N–H and O–H groups in total. The molecule has 222 valence electrons. The molecule has 0 fully saturated rings. The Balaban J connectivity index is 1.57. The molecule has 0 aliphatic carbocycles. The number of rotatable bonds is 27. The van der Waals surface area contributed by atoms with Crippen LogP contribution in [0.3, 0.4) is 0 Å². The van der Waals surface area contributed by atoms with Gasteiger partial charge < -0.3 is 9.47 Å². The Morgan fingerprint density at radius 3 is 1.49 bits per heavy atom. The Labute approximate surface area is 240 Å². The van der Waals surface area contributed by atoms with Crippen LogP contribution in [0, 0.1) is 0 Å². The Kier molecular flexibility index (Phi) is 20.3. The van der Waals surface area contributed by atoms with E-state index in [1.165, 1.54) is 128 Å². The van der Waals surface area contributed by atoms with Gasteiger partial charge in [-0.1, -0.05) is 148 Å². The van der Waals surface area contributed by atoms with E-state index in [-0.39, 0.29) is 0 Å². The SMILES string of the molecule is CCCCCCCCCCCCCCCCOc1cc(OCCCCCCCCCC)n(-c2ccccn2)n1. The quantitative estimate of drug-likeness (QED) is 0.106. The van der Waals surface area contributed by atoms with E-state index in [0.29, 0.717) is 25.0 Å². The summed E-state index contributed by atoms with van der Waals surface area (Å²) in [5.41, 5.74) is 0. The van der Waals surface area contributed by atoms with Gasteiger partial charge in [-0.15, -0.1) is 5.10 Å². The maximum atomic E-state index is 6.13. The molecule has 0 bridgehead atoms. The Morgan fingerprint density at radius 2 is 1.03 bits per heavy atom.